The summed E-state index contributed by atoms with van der Waals surface area (Å²) in [6, 6.07) is 18.6. The standard InChI is InChI=1S/C26H19ClF3N3O2S/c1-16-2-5-20(13-31-16)18-6-3-17(4-7-18)15-33(36-22-10-8-19(9-11-22)25(34)35)24-23(27)12-21(14-32-24)26(28,29)30/h2-14H,15H2,1H3,(H,34,35). The highest BCUT2D eigenvalue weighted by Crippen LogP contribution is 2.38. The number of carboxylic acids is 1. The van der Waals surface area contributed by atoms with E-state index in [-0.39, 0.29) is 22.9 Å². The summed E-state index contributed by atoms with van der Waals surface area (Å²) in [5.41, 5.74) is 2.90. The summed E-state index contributed by atoms with van der Waals surface area (Å²) in [5, 5.41) is 8.99. The van der Waals surface area contributed by atoms with Crippen LogP contribution in [-0.4, -0.2) is 21.0 Å². The van der Waals surface area contributed by atoms with Gasteiger partial charge in [0.2, 0.25) is 0 Å². The van der Waals surface area contributed by atoms with Gasteiger partial charge in [-0.3, -0.25) is 9.29 Å². The van der Waals surface area contributed by atoms with E-state index in [4.69, 9.17) is 16.7 Å². The number of carbonyl (C=O) groups is 1. The van der Waals surface area contributed by atoms with E-state index in [9.17, 15) is 18.0 Å². The Labute approximate surface area is 214 Å². The fourth-order valence-corrected chi connectivity index (χ4v) is 4.59. The molecule has 0 aliphatic heterocycles. The van der Waals surface area contributed by atoms with Crippen molar-refractivity contribution in [3.05, 3.63) is 107 Å². The molecule has 0 atom stereocenters. The molecule has 4 rings (SSSR count). The van der Waals surface area contributed by atoms with E-state index in [0.29, 0.717) is 4.90 Å². The molecular formula is C26H19ClF3N3O2S. The van der Waals surface area contributed by atoms with Crippen molar-refractivity contribution in [2.45, 2.75) is 24.5 Å². The van der Waals surface area contributed by atoms with Gasteiger partial charge in [0.15, 0.2) is 5.82 Å². The molecule has 36 heavy (non-hydrogen) atoms. The Kier molecular flexibility index (Phi) is 7.51. The van der Waals surface area contributed by atoms with Crippen LogP contribution in [0.5, 0.6) is 0 Å². The summed E-state index contributed by atoms with van der Waals surface area (Å²) < 4.78 is 41.0. The van der Waals surface area contributed by atoms with Gasteiger partial charge in [0.1, 0.15) is 0 Å². The van der Waals surface area contributed by atoms with Crippen LogP contribution >= 0.6 is 23.5 Å². The smallest absolute Gasteiger partial charge is 0.417 e. The number of halogens is 4. The number of aromatic carboxylic acids is 1. The van der Waals surface area contributed by atoms with E-state index in [1.165, 1.54) is 24.1 Å². The lowest BCUT2D eigenvalue weighted by molar-refractivity contribution is -0.137. The molecule has 0 spiro atoms. The van der Waals surface area contributed by atoms with E-state index in [2.05, 4.69) is 9.97 Å². The van der Waals surface area contributed by atoms with Crippen molar-refractivity contribution in [1.82, 2.24) is 9.97 Å². The van der Waals surface area contributed by atoms with Crippen LogP contribution in [0.2, 0.25) is 5.02 Å². The maximum Gasteiger partial charge on any atom is 0.417 e. The number of anilines is 1. The number of aryl methyl sites for hydroxylation is 1. The Morgan fingerprint density at radius 2 is 1.64 bits per heavy atom. The van der Waals surface area contributed by atoms with Gasteiger partial charge in [-0.25, -0.2) is 9.78 Å². The average Bonchev–Trinajstić information content (AvgIpc) is 2.84. The third-order valence-corrected chi connectivity index (χ3v) is 6.51. The molecule has 0 unspecified atom stereocenters. The SMILES string of the molecule is Cc1ccc(-c2ccc(CN(Sc3ccc(C(=O)O)cc3)c3ncc(C(F)(F)F)cc3Cl)cc2)cn1. The number of aromatic nitrogens is 2. The zero-order valence-electron chi connectivity index (χ0n) is 18.8. The van der Waals surface area contributed by atoms with Crippen molar-refractivity contribution in [2.75, 3.05) is 4.31 Å². The molecule has 0 radical (unpaired) electrons. The zero-order chi connectivity index (χ0) is 25.9. The van der Waals surface area contributed by atoms with Gasteiger partial charge in [0.05, 0.1) is 22.7 Å². The van der Waals surface area contributed by atoms with E-state index in [1.54, 1.807) is 22.6 Å². The first kappa shape index (κ1) is 25.5. The molecule has 0 amide bonds. The highest BCUT2D eigenvalue weighted by Gasteiger charge is 2.32. The van der Waals surface area contributed by atoms with Gasteiger partial charge in [-0.1, -0.05) is 41.9 Å². The van der Waals surface area contributed by atoms with Gasteiger partial charge in [-0.15, -0.1) is 0 Å². The summed E-state index contributed by atoms with van der Waals surface area (Å²) in [5.74, 6) is -0.900. The van der Waals surface area contributed by atoms with Crippen LogP contribution in [0.4, 0.5) is 19.0 Å². The maximum absolute atomic E-state index is 13.1. The van der Waals surface area contributed by atoms with Gasteiger partial charge in [0.25, 0.3) is 0 Å². The lowest BCUT2D eigenvalue weighted by Gasteiger charge is -2.24. The third kappa shape index (κ3) is 6.16. The molecule has 0 saturated carbocycles. The first-order chi connectivity index (χ1) is 17.1. The molecule has 2 heterocycles. The number of alkyl halides is 3. The number of carboxylic acid groups (broad SMARTS) is 1. The number of rotatable bonds is 7. The van der Waals surface area contributed by atoms with Crippen molar-refractivity contribution >= 4 is 35.3 Å². The molecule has 184 valence electrons. The maximum atomic E-state index is 13.1. The second kappa shape index (κ2) is 10.6. The molecule has 5 nitrogen and oxygen atoms in total. The minimum Gasteiger partial charge on any atom is -0.478 e. The highest BCUT2D eigenvalue weighted by molar-refractivity contribution is 8.00. The molecule has 0 aliphatic rings. The Hall–Kier alpha value is -3.56. The van der Waals surface area contributed by atoms with E-state index in [0.717, 1.165) is 34.6 Å². The second-order valence-electron chi connectivity index (χ2n) is 7.87. The Balaban J connectivity index is 1.63. The van der Waals surface area contributed by atoms with Gasteiger partial charge >= 0.3 is 12.1 Å². The second-order valence-corrected chi connectivity index (χ2v) is 9.37. The molecule has 0 aliphatic carbocycles. The molecule has 0 saturated heterocycles. The molecule has 0 fully saturated rings. The van der Waals surface area contributed by atoms with Gasteiger partial charge in [-0.05, 0) is 66.4 Å². The Morgan fingerprint density at radius 3 is 2.19 bits per heavy atom. The summed E-state index contributed by atoms with van der Waals surface area (Å²) in [6.07, 6.45) is -2.03. The molecule has 2 aromatic heterocycles. The quantitative estimate of drug-likeness (QED) is 0.249. The fourth-order valence-electron chi connectivity index (χ4n) is 3.31. The fraction of sp³-hybridized carbons (Fsp3) is 0.115. The van der Waals surface area contributed by atoms with Gasteiger partial charge < -0.3 is 5.11 Å². The molecule has 0 bridgehead atoms. The third-order valence-electron chi connectivity index (χ3n) is 5.23. The van der Waals surface area contributed by atoms with Crippen LogP contribution in [-0.2, 0) is 12.7 Å². The van der Waals surface area contributed by atoms with Crippen LogP contribution in [0, 0.1) is 6.92 Å². The lowest BCUT2D eigenvalue weighted by Crippen LogP contribution is -2.17. The average molecular weight is 530 g/mol. The van der Waals surface area contributed by atoms with Crippen molar-refractivity contribution in [3.8, 4) is 11.1 Å². The van der Waals surface area contributed by atoms with Crippen LogP contribution in [0.1, 0.15) is 27.2 Å². The first-order valence-electron chi connectivity index (χ1n) is 10.6. The minimum absolute atomic E-state index is 0.123. The summed E-state index contributed by atoms with van der Waals surface area (Å²) >= 11 is 7.43. The monoisotopic (exact) mass is 529 g/mol. The van der Waals surface area contributed by atoms with Crippen LogP contribution in [0.15, 0.2) is 84.0 Å². The molecular weight excluding hydrogens is 511 g/mol. The van der Waals surface area contributed by atoms with Crippen LogP contribution < -0.4 is 4.31 Å². The largest absolute Gasteiger partial charge is 0.478 e. The predicted molar refractivity (Wildman–Crippen MR) is 134 cm³/mol. The normalized spacial score (nSPS) is 11.4. The van der Waals surface area contributed by atoms with Crippen LogP contribution in [0.25, 0.3) is 11.1 Å². The lowest BCUT2D eigenvalue weighted by atomic mass is 10.1. The predicted octanol–water partition coefficient (Wildman–Crippen LogP) is 7.54. The molecule has 10 heteroatoms. The van der Waals surface area contributed by atoms with Gasteiger partial charge in [0, 0.05) is 28.5 Å². The van der Waals surface area contributed by atoms with E-state index in [1.807, 2.05) is 43.3 Å². The number of pyridine rings is 2. The molecule has 4 aromatic rings. The minimum atomic E-state index is -4.57. The number of nitrogens with zero attached hydrogens (tertiary/aromatic N) is 3. The van der Waals surface area contributed by atoms with Crippen LogP contribution in [0.3, 0.4) is 0 Å². The molecule has 2 aromatic carbocycles. The van der Waals surface area contributed by atoms with E-state index < -0.39 is 17.7 Å². The van der Waals surface area contributed by atoms with Crippen molar-refractivity contribution in [2.24, 2.45) is 0 Å². The summed E-state index contributed by atoms with van der Waals surface area (Å²) in [4.78, 5) is 20.1. The summed E-state index contributed by atoms with van der Waals surface area (Å²) in [7, 11) is 0. The Morgan fingerprint density at radius 1 is 0.972 bits per heavy atom. The van der Waals surface area contributed by atoms with Gasteiger partial charge in [-0.2, -0.15) is 13.2 Å². The van der Waals surface area contributed by atoms with E-state index >= 15 is 0 Å². The number of benzene rings is 2. The Bertz CT molecular complexity index is 1360. The topological polar surface area (TPSA) is 66.3 Å². The number of hydrogen-bond donors (Lipinski definition) is 1. The first-order valence-corrected chi connectivity index (χ1v) is 11.8. The molecule has 1 N–H and O–H groups in total. The summed E-state index contributed by atoms with van der Waals surface area (Å²) in [6.45, 7) is 2.19. The van der Waals surface area contributed by atoms with Crippen molar-refractivity contribution < 1.29 is 23.1 Å². The highest BCUT2D eigenvalue weighted by atomic mass is 35.5. The zero-order valence-corrected chi connectivity index (χ0v) is 20.4. The number of hydrogen-bond acceptors (Lipinski definition) is 5. The van der Waals surface area contributed by atoms with Crippen molar-refractivity contribution in [3.63, 3.8) is 0 Å². The van der Waals surface area contributed by atoms with Crippen molar-refractivity contribution in [1.29, 1.82) is 0 Å².